The second-order valence-electron chi connectivity index (χ2n) is 4.66. The highest BCUT2D eigenvalue weighted by molar-refractivity contribution is 7.89. The zero-order valence-corrected chi connectivity index (χ0v) is 11.9. The summed E-state index contributed by atoms with van der Waals surface area (Å²) in [5, 5.41) is 3.00. The van der Waals surface area contributed by atoms with E-state index in [1.165, 1.54) is 0 Å². The van der Waals surface area contributed by atoms with Gasteiger partial charge in [0.2, 0.25) is 10.0 Å². The van der Waals surface area contributed by atoms with E-state index < -0.39 is 10.0 Å². The van der Waals surface area contributed by atoms with Gasteiger partial charge in [0.15, 0.2) is 0 Å². The van der Waals surface area contributed by atoms with Crippen LogP contribution < -0.4 is 5.32 Å². The summed E-state index contributed by atoms with van der Waals surface area (Å²) in [6.45, 7) is 5.26. The highest BCUT2D eigenvalue weighted by Crippen LogP contribution is 2.30. The van der Waals surface area contributed by atoms with Crippen molar-refractivity contribution in [3.05, 3.63) is 17.1 Å². The topological polar surface area (TPSA) is 62.6 Å². The van der Waals surface area contributed by atoms with Crippen LogP contribution in [0.2, 0.25) is 0 Å². The van der Waals surface area contributed by atoms with Crippen LogP contribution in [0.15, 0.2) is 9.31 Å². The second-order valence-corrected chi connectivity index (χ2v) is 6.54. The van der Waals surface area contributed by atoms with Crippen molar-refractivity contribution < 1.29 is 12.8 Å². The Labute approximate surface area is 108 Å². The molecule has 1 aliphatic rings. The van der Waals surface area contributed by atoms with Crippen LogP contribution >= 0.6 is 0 Å². The van der Waals surface area contributed by atoms with E-state index in [1.54, 1.807) is 18.3 Å². The van der Waals surface area contributed by atoms with Gasteiger partial charge in [-0.25, -0.2) is 8.42 Å². The Kier molecular flexibility index (Phi) is 3.79. The Morgan fingerprint density at radius 1 is 1.22 bits per heavy atom. The van der Waals surface area contributed by atoms with E-state index in [1.807, 2.05) is 6.92 Å². The fourth-order valence-corrected chi connectivity index (χ4v) is 4.42. The molecule has 102 valence electrons. The van der Waals surface area contributed by atoms with E-state index >= 15 is 0 Å². The molecular formula is C12H20N2O3S. The van der Waals surface area contributed by atoms with E-state index in [0.29, 0.717) is 36.1 Å². The van der Waals surface area contributed by atoms with E-state index in [4.69, 9.17) is 4.42 Å². The molecule has 5 nitrogen and oxygen atoms in total. The lowest BCUT2D eigenvalue weighted by molar-refractivity contribution is 0.468. The summed E-state index contributed by atoms with van der Waals surface area (Å²) >= 11 is 0. The minimum atomic E-state index is -3.40. The third kappa shape index (κ3) is 2.20. The van der Waals surface area contributed by atoms with Gasteiger partial charge in [-0.2, -0.15) is 4.31 Å². The van der Waals surface area contributed by atoms with E-state index in [2.05, 4.69) is 5.32 Å². The molecule has 2 heterocycles. The first-order valence-electron chi connectivity index (χ1n) is 6.22. The van der Waals surface area contributed by atoms with Gasteiger partial charge in [-0.1, -0.05) is 0 Å². The molecule has 1 aromatic rings. The predicted molar refractivity (Wildman–Crippen MR) is 68.9 cm³/mol. The van der Waals surface area contributed by atoms with Crippen LogP contribution in [0.1, 0.15) is 29.9 Å². The molecule has 0 aromatic carbocycles. The number of rotatable bonds is 4. The van der Waals surface area contributed by atoms with Crippen LogP contribution in [0, 0.1) is 13.8 Å². The van der Waals surface area contributed by atoms with Crippen molar-refractivity contribution in [2.75, 3.05) is 20.1 Å². The van der Waals surface area contributed by atoms with Crippen molar-refractivity contribution in [1.29, 1.82) is 0 Å². The number of aryl methyl sites for hydroxylation is 2. The van der Waals surface area contributed by atoms with E-state index in [-0.39, 0.29) is 0 Å². The van der Waals surface area contributed by atoms with Crippen LogP contribution in [0.4, 0.5) is 0 Å². The Hall–Kier alpha value is -0.850. The maximum atomic E-state index is 12.6. The maximum Gasteiger partial charge on any atom is 0.246 e. The molecular weight excluding hydrogens is 252 g/mol. The fraction of sp³-hybridized carbons (Fsp3) is 0.667. The van der Waals surface area contributed by atoms with Crippen LogP contribution in [-0.4, -0.2) is 32.9 Å². The monoisotopic (exact) mass is 272 g/mol. The van der Waals surface area contributed by atoms with Gasteiger partial charge in [-0.15, -0.1) is 0 Å². The summed E-state index contributed by atoms with van der Waals surface area (Å²) in [6.07, 6.45) is 1.88. The van der Waals surface area contributed by atoms with Crippen molar-refractivity contribution in [3.8, 4) is 0 Å². The zero-order valence-electron chi connectivity index (χ0n) is 11.1. The average molecular weight is 272 g/mol. The number of hydrogen-bond donors (Lipinski definition) is 1. The van der Waals surface area contributed by atoms with Gasteiger partial charge in [-0.05, 0) is 33.7 Å². The summed E-state index contributed by atoms with van der Waals surface area (Å²) in [5.74, 6) is 1.17. The zero-order chi connectivity index (χ0) is 13.3. The van der Waals surface area contributed by atoms with Gasteiger partial charge in [-0.3, -0.25) is 0 Å². The maximum absolute atomic E-state index is 12.6. The Balaban J connectivity index is 2.49. The molecule has 1 saturated heterocycles. The summed E-state index contributed by atoms with van der Waals surface area (Å²) < 4.78 is 32.3. The first-order valence-corrected chi connectivity index (χ1v) is 7.66. The predicted octanol–water partition coefficient (Wildman–Crippen LogP) is 1.40. The lowest BCUT2D eigenvalue weighted by atomic mass is 10.2. The molecule has 6 heteroatoms. The van der Waals surface area contributed by atoms with Crippen molar-refractivity contribution in [1.82, 2.24) is 9.62 Å². The molecule has 0 amide bonds. The molecule has 0 atom stereocenters. The lowest BCUT2D eigenvalue weighted by Crippen LogP contribution is -2.29. The van der Waals surface area contributed by atoms with Crippen molar-refractivity contribution >= 4 is 10.0 Å². The minimum absolute atomic E-state index is 0.358. The first-order chi connectivity index (χ1) is 8.48. The van der Waals surface area contributed by atoms with E-state index in [9.17, 15) is 8.42 Å². The highest BCUT2D eigenvalue weighted by Gasteiger charge is 2.33. The summed E-state index contributed by atoms with van der Waals surface area (Å²) in [5.41, 5.74) is 0.752. The molecule has 0 aliphatic carbocycles. The van der Waals surface area contributed by atoms with Crippen molar-refractivity contribution in [2.45, 2.75) is 38.1 Å². The summed E-state index contributed by atoms with van der Waals surface area (Å²) in [4.78, 5) is 0.358. The molecule has 0 saturated carbocycles. The number of sulfonamides is 1. The molecule has 1 fully saturated rings. The summed E-state index contributed by atoms with van der Waals surface area (Å²) in [6, 6.07) is 0. The number of nitrogens with zero attached hydrogens (tertiary/aromatic N) is 1. The average Bonchev–Trinajstić information content (AvgIpc) is 2.89. The van der Waals surface area contributed by atoms with E-state index in [0.717, 1.165) is 18.4 Å². The lowest BCUT2D eigenvalue weighted by Gasteiger charge is -2.16. The van der Waals surface area contributed by atoms with Gasteiger partial charge in [0.25, 0.3) is 0 Å². The molecule has 1 aromatic heterocycles. The third-order valence-electron chi connectivity index (χ3n) is 3.34. The molecule has 18 heavy (non-hydrogen) atoms. The first kappa shape index (κ1) is 13.6. The number of furan rings is 1. The van der Waals surface area contributed by atoms with Gasteiger partial charge in [0.1, 0.15) is 16.4 Å². The Morgan fingerprint density at radius 3 is 2.39 bits per heavy atom. The van der Waals surface area contributed by atoms with Crippen LogP contribution in [0.3, 0.4) is 0 Å². The van der Waals surface area contributed by atoms with Gasteiger partial charge in [0.05, 0.1) is 0 Å². The Morgan fingerprint density at radius 2 is 1.83 bits per heavy atom. The van der Waals surface area contributed by atoms with Gasteiger partial charge < -0.3 is 9.73 Å². The second kappa shape index (κ2) is 5.03. The normalized spacial score (nSPS) is 17.5. The minimum Gasteiger partial charge on any atom is -0.465 e. The molecule has 1 aliphatic heterocycles. The third-order valence-corrected chi connectivity index (χ3v) is 5.44. The van der Waals surface area contributed by atoms with Crippen molar-refractivity contribution in [2.24, 2.45) is 0 Å². The summed E-state index contributed by atoms with van der Waals surface area (Å²) in [7, 11) is -1.60. The molecule has 1 N–H and O–H groups in total. The SMILES string of the molecule is CNCc1c(C)oc(C)c1S(=O)(=O)N1CCCC1. The fourth-order valence-electron chi connectivity index (χ4n) is 2.49. The van der Waals surface area contributed by atoms with Crippen LogP contribution in [0.25, 0.3) is 0 Å². The van der Waals surface area contributed by atoms with Crippen molar-refractivity contribution in [3.63, 3.8) is 0 Å². The number of nitrogens with one attached hydrogen (secondary N) is 1. The van der Waals surface area contributed by atoms with Crippen LogP contribution in [0.5, 0.6) is 0 Å². The smallest absolute Gasteiger partial charge is 0.246 e. The number of hydrogen-bond acceptors (Lipinski definition) is 4. The molecule has 0 unspecified atom stereocenters. The van der Waals surface area contributed by atoms with Crippen LogP contribution in [-0.2, 0) is 16.6 Å². The molecule has 0 bridgehead atoms. The largest absolute Gasteiger partial charge is 0.465 e. The standard InChI is InChI=1S/C12H20N2O3S/c1-9-11(8-13-3)12(10(2)17-9)18(15,16)14-6-4-5-7-14/h13H,4-8H2,1-3H3. The molecule has 2 rings (SSSR count). The highest BCUT2D eigenvalue weighted by atomic mass is 32.2. The Bertz CT molecular complexity index is 528. The quantitative estimate of drug-likeness (QED) is 0.900. The molecule has 0 spiro atoms. The van der Waals surface area contributed by atoms with Gasteiger partial charge >= 0.3 is 0 Å². The van der Waals surface area contributed by atoms with Gasteiger partial charge in [0, 0.05) is 25.2 Å². The molecule has 0 radical (unpaired) electrons.